The fourth-order valence-electron chi connectivity index (χ4n) is 3.64. The van der Waals surface area contributed by atoms with E-state index in [9.17, 15) is 9.59 Å². The normalized spacial score (nSPS) is 14.3. The lowest BCUT2D eigenvalue weighted by Gasteiger charge is -2.32. The van der Waals surface area contributed by atoms with Gasteiger partial charge in [0.1, 0.15) is 0 Å². The van der Waals surface area contributed by atoms with Gasteiger partial charge in [-0.05, 0) is 54.7 Å². The lowest BCUT2D eigenvalue weighted by molar-refractivity contribution is -0.131. The highest BCUT2D eigenvalue weighted by Crippen LogP contribution is 2.27. The average Bonchev–Trinajstić information content (AvgIpc) is 2.77. The highest BCUT2D eigenvalue weighted by atomic mass is 79.9. The molecule has 0 unspecified atom stereocenters. The molecule has 1 saturated heterocycles. The van der Waals surface area contributed by atoms with E-state index in [1.54, 1.807) is 32.4 Å². The van der Waals surface area contributed by atoms with E-state index in [0.29, 0.717) is 35.9 Å². The summed E-state index contributed by atoms with van der Waals surface area (Å²) in [5, 5.41) is 3.00. The van der Waals surface area contributed by atoms with Crippen LogP contribution in [0, 0.1) is 5.92 Å². The standard InChI is InChI=1S/C23H27BrN2O4/c1-29-20-7-6-18(14-21(20)30-2)23(28)25-15-16-8-10-26(11-9-16)22(27)13-17-4-3-5-19(24)12-17/h3-7,12,14,16H,8-11,13,15H2,1-2H3,(H,25,28). The molecule has 7 heteroatoms. The summed E-state index contributed by atoms with van der Waals surface area (Å²) in [5.41, 5.74) is 1.55. The Morgan fingerprint density at radius 3 is 2.47 bits per heavy atom. The van der Waals surface area contributed by atoms with Gasteiger partial charge < -0.3 is 19.7 Å². The van der Waals surface area contributed by atoms with Crippen molar-refractivity contribution in [3.8, 4) is 11.5 Å². The second-order valence-corrected chi connectivity index (χ2v) is 8.33. The predicted molar refractivity (Wildman–Crippen MR) is 119 cm³/mol. The molecule has 6 nitrogen and oxygen atoms in total. The Morgan fingerprint density at radius 1 is 1.07 bits per heavy atom. The summed E-state index contributed by atoms with van der Waals surface area (Å²) in [4.78, 5) is 27.0. The number of piperidine rings is 1. The summed E-state index contributed by atoms with van der Waals surface area (Å²) < 4.78 is 11.5. The van der Waals surface area contributed by atoms with E-state index in [0.717, 1.165) is 36.0 Å². The lowest BCUT2D eigenvalue weighted by atomic mass is 9.96. The predicted octanol–water partition coefficient (Wildman–Crippen LogP) is 3.68. The Bertz CT molecular complexity index is 895. The number of rotatable bonds is 7. The summed E-state index contributed by atoms with van der Waals surface area (Å²) in [5.74, 6) is 1.51. The van der Waals surface area contributed by atoms with Crippen molar-refractivity contribution in [3.63, 3.8) is 0 Å². The third-order valence-electron chi connectivity index (χ3n) is 5.41. The zero-order chi connectivity index (χ0) is 21.5. The molecule has 2 amide bonds. The SMILES string of the molecule is COc1ccc(C(=O)NCC2CCN(C(=O)Cc3cccc(Br)c3)CC2)cc1OC. The Kier molecular flexibility index (Phi) is 7.74. The summed E-state index contributed by atoms with van der Waals surface area (Å²) >= 11 is 3.44. The number of hydrogen-bond donors (Lipinski definition) is 1. The number of halogens is 1. The maximum atomic E-state index is 12.6. The van der Waals surface area contributed by atoms with E-state index in [1.807, 2.05) is 29.2 Å². The number of methoxy groups -OCH3 is 2. The van der Waals surface area contributed by atoms with Gasteiger partial charge in [-0.2, -0.15) is 0 Å². The smallest absolute Gasteiger partial charge is 0.251 e. The van der Waals surface area contributed by atoms with Crippen molar-refractivity contribution >= 4 is 27.7 Å². The first kappa shape index (κ1) is 22.2. The Morgan fingerprint density at radius 2 is 1.80 bits per heavy atom. The van der Waals surface area contributed by atoms with Crippen LogP contribution in [0.2, 0.25) is 0 Å². The van der Waals surface area contributed by atoms with Gasteiger partial charge in [0.25, 0.3) is 5.91 Å². The van der Waals surface area contributed by atoms with Crippen molar-refractivity contribution in [1.29, 1.82) is 0 Å². The van der Waals surface area contributed by atoms with Crippen LogP contribution in [0.5, 0.6) is 11.5 Å². The molecule has 1 aliphatic heterocycles. The molecule has 0 saturated carbocycles. The number of ether oxygens (including phenoxy) is 2. The molecule has 160 valence electrons. The monoisotopic (exact) mass is 474 g/mol. The van der Waals surface area contributed by atoms with E-state index in [1.165, 1.54) is 0 Å². The topological polar surface area (TPSA) is 67.9 Å². The van der Waals surface area contributed by atoms with Crippen molar-refractivity contribution in [2.75, 3.05) is 33.9 Å². The Balaban J connectivity index is 1.45. The van der Waals surface area contributed by atoms with Crippen LogP contribution in [0.3, 0.4) is 0 Å². The van der Waals surface area contributed by atoms with Crippen molar-refractivity contribution in [3.05, 3.63) is 58.1 Å². The van der Waals surface area contributed by atoms with Gasteiger partial charge in [0.15, 0.2) is 11.5 Å². The minimum atomic E-state index is -0.135. The van der Waals surface area contributed by atoms with E-state index < -0.39 is 0 Å². The van der Waals surface area contributed by atoms with Crippen LogP contribution in [0.25, 0.3) is 0 Å². The molecule has 0 aliphatic carbocycles. The van der Waals surface area contributed by atoms with Crippen LogP contribution in [0.4, 0.5) is 0 Å². The number of nitrogens with zero attached hydrogens (tertiary/aromatic N) is 1. The molecule has 1 fully saturated rings. The molecule has 0 radical (unpaired) electrons. The van der Waals surface area contributed by atoms with E-state index in [2.05, 4.69) is 21.2 Å². The number of carbonyl (C=O) groups is 2. The first-order chi connectivity index (χ1) is 14.5. The van der Waals surface area contributed by atoms with Crippen LogP contribution in [-0.4, -0.2) is 50.6 Å². The molecular formula is C23H27BrN2O4. The van der Waals surface area contributed by atoms with Gasteiger partial charge in [-0.3, -0.25) is 9.59 Å². The number of amides is 2. The van der Waals surface area contributed by atoms with Gasteiger partial charge in [-0.25, -0.2) is 0 Å². The number of hydrogen-bond acceptors (Lipinski definition) is 4. The lowest BCUT2D eigenvalue weighted by Crippen LogP contribution is -2.42. The Labute approximate surface area is 185 Å². The van der Waals surface area contributed by atoms with Crippen molar-refractivity contribution in [2.45, 2.75) is 19.3 Å². The highest BCUT2D eigenvalue weighted by Gasteiger charge is 2.23. The number of carbonyl (C=O) groups excluding carboxylic acids is 2. The average molecular weight is 475 g/mol. The van der Waals surface area contributed by atoms with Crippen molar-refractivity contribution < 1.29 is 19.1 Å². The van der Waals surface area contributed by atoms with Crippen LogP contribution in [0.1, 0.15) is 28.8 Å². The summed E-state index contributed by atoms with van der Waals surface area (Å²) in [7, 11) is 3.11. The summed E-state index contributed by atoms with van der Waals surface area (Å²) in [6.45, 7) is 2.05. The third-order valence-corrected chi connectivity index (χ3v) is 5.90. The number of benzene rings is 2. The first-order valence-electron chi connectivity index (χ1n) is 10.0. The molecule has 30 heavy (non-hydrogen) atoms. The van der Waals surface area contributed by atoms with Gasteiger partial charge in [0.05, 0.1) is 20.6 Å². The van der Waals surface area contributed by atoms with Gasteiger partial charge in [-0.1, -0.05) is 28.1 Å². The minimum absolute atomic E-state index is 0.135. The molecule has 1 heterocycles. The summed E-state index contributed by atoms with van der Waals surface area (Å²) in [6.07, 6.45) is 2.19. The quantitative estimate of drug-likeness (QED) is 0.664. The van der Waals surface area contributed by atoms with E-state index in [4.69, 9.17) is 9.47 Å². The molecule has 1 N–H and O–H groups in total. The molecular weight excluding hydrogens is 448 g/mol. The van der Waals surface area contributed by atoms with Crippen LogP contribution in [0.15, 0.2) is 46.9 Å². The second-order valence-electron chi connectivity index (χ2n) is 7.41. The minimum Gasteiger partial charge on any atom is -0.493 e. The Hall–Kier alpha value is -2.54. The van der Waals surface area contributed by atoms with Gasteiger partial charge >= 0.3 is 0 Å². The maximum Gasteiger partial charge on any atom is 0.251 e. The third kappa shape index (κ3) is 5.75. The van der Waals surface area contributed by atoms with Crippen LogP contribution in [-0.2, 0) is 11.2 Å². The molecule has 0 bridgehead atoms. The fourth-order valence-corrected chi connectivity index (χ4v) is 4.08. The number of nitrogens with one attached hydrogen (secondary N) is 1. The molecule has 2 aromatic carbocycles. The molecule has 0 spiro atoms. The highest BCUT2D eigenvalue weighted by molar-refractivity contribution is 9.10. The van der Waals surface area contributed by atoms with Gasteiger partial charge in [0, 0.05) is 29.7 Å². The maximum absolute atomic E-state index is 12.6. The molecule has 1 aliphatic rings. The molecule has 0 atom stereocenters. The molecule has 2 aromatic rings. The second kappa shape index (κ2) is 10.5. The molecule has 0 aromatic heterocycles. The van der Waals surface area contributed by atoms with Gasteiger partial charge in [-0.15, -0.1) is 0 Å². The fraction of sp³-hybridized carbons (Fsp3) is 0.391. The molecule has 3 rings (SSSR count). The number of likely N-dealkylation sites (tertiary alicyclic amines) is 1. The van der Waals surface area contributed by atoms with Crippen molar-refractivity contribution in [1.82, 2.24) is 10.2 Å². The van der Waals surface area contributed by atoms with E-state index >= 15 is 0 Å². The first-order valence-corrected chi connectivity index (χ1v) is 10.8. The summed E-state index contributed by atoms with van der Waals surface area (Å²) in [6, 6.07) is 13.0. The van der Waals surface area contributed by atoms with Crippen LogP contribution >= 0.6 is 15.9 Å². The van der Waals surface area contributed by atoms with E-state index in [-0.39, 0.29) is 11.8 Å². The van der Waals surface area contributed by atoms with Gasteiger partial charge in [0.2, 0.25) is 5.91 Å². The zero-order valence-electron chi connectivity index (χ0n) is 17.3. The largest absolute Gasteiger partial charge is 0.493 e. The zero-order valence-corrected chi connectivity index (χ0v) is 18.9. The van der Waals surface area contributed by atoms with Crippen LogP contribution < -0.4 is 14.8 Å². The van der Waals surface area contributed by atoms with Crippen molar-refractivity contribution in [2.24, 2.45) is 5.92 Å².